The Morgan fingerprint density at radius 1 is 1.00 bits per heavy atom. The van der Waals surface area contributed by atoms with Crippen molar-refractivity contribution >= 4 is 41.0 Å². The summed E-state index contributed by atoms with van der Waals surface area (Å²) in [7, 11) is 0. The molecule has 1 N–H and O–H groups in total. The van der Waals surface area contributed by atoms with Crippen LogP contribution in [0.1, 0.15) is 42.5 Å². The van der Waals surface area contributed by atoms with Crippen LogP contribution in [0.5, 0.6) is 0 Å². The van der Waals surface area contributed by atoms with Crippen molar-refractivity contribution in [2.45, 2.75) is 44.2 Å². The van der Waals surface area contributed by atoms with Gasteiger partial charge in [0.05, 0.1) is 6.42 Å². The van der Waals surface area contributed by atoms with Gasteiger partial charge >= 0.3 is 5.97 Å². The summed E-state index contributed by atoms with van der Waals surface area (Å²) in [4.78, 5) is 40.1. The molecule has 2 atom stereocenters. The number of aliphatic carboxylic acids is 1. The fraction of sp³-hybridized carbons (Fsp3) is 0.500. The molecule has 8 heteroatoms. The Kier molecular flexibility index (Phi) is 5.73. The van der Waals surface area contributed by atoms with Crippen LogP contribution in [0.4, 0.5) is 0 Å². The van der Waals surface area contributed by atoms with E-state index in [-0.39, 0.29) is 24.3 Å². The Morgan fingerprint density at radius 3 is 2.27 bits per heavy atom. The topological polar surface area (TPSA) is 77.9 Å². The summed E-state index contributed by atoms with van der Waals surface area (Å²) in [6.45, 7) is 1.02. The third kappa shape index (κ3) is 3.96. The van der Waals surface area contributed by atoms with Crippen molar-refractivity contribution in [1.82, 2.24) is 9.80 Å². The van der Waals surface area contributed by atoms with Crippen LogP contribution < -0.4 is 0 Å². The lowest BCUT2D eigenvalue weighted by atomic mass is 10.1. The molecule has 2 aliphatic heterocycles. The molecule has 1 aromatic rings. The predicted molar refractivity (Wildman–Crippen MR) is 97.5 cm³/mol. The van der Waals surface area contributed by atoms with Crippen LogP contribution in [0.25, 0.3) is 0 Å². The number of carbonyl (C=O) groups excluding carboxylic acids is 2. The fourth-order valence-corrected chi connectivity index (χ4v) is 4.37. The van der Waals surface area contributed by atoms with Crippen molar-refractivity contribution in [3.63, 3.8) is 0 Å². The van der Waals surface area contributed by atoms with Crippen LogP contribution in [0.3, 0.4) is 0 Å². The van der Waals surface area contributed by atoms with Gasteiger partial charge in [-0.25, -0.2) is 0 Å². The van der Waals surface area contributed by atoms with Crippen molar-refractivity contribution < 1.29 is 19.5 Å². The largest absolute Gasteiger partial charge is 0.481 e. The van der Waals surface area contributed by atoms with E-state index in [1.54, 1.807) is 28.0 Å². The summed E-state index contributed by atoms with van der Waals surface area (Å²) in [5, 5.41) is 9.78. The average molecular weight is 399 g/mol. The summed E-state index contributed by atoms with van der Waals surface area (Å²) < 4.78 is 0. The van der Waals surface area contributed by atoms with Gasteiger partial charge in [-0.1, -0.05) is 23.2 Å². The van der Waals surface area contributed by atoms with Crippen molar-refractivity contribution in [3.8, 4) is 0 Å². The average Bonchev–Trinajstić information content (AvgIpc) is 3.21. The molecule has 0 saturated carbocycles. The Morgan fingerprint density at radius 2 is 1.62 bits per heavy atom. The van der Waals surface area contributed by atoms with Crippen LogP contribution in [-0.4, -0.2) is 57.9 Å². The van der Waals surface area contributed by atoms with E-state index in [9.17, 15) is 14.4 Å². The second-order valence-corrected chi connectivity index (χ2v) is 7.61. The van der Waals surface area contributed by atoms with Crippen LogP contribution in [0.15, 0.2) is 18.2 Å². The summed E-state index contributed by atoms with van der Waals surface area (Å²) >= 11 is 12.0. The SMILES string of the molecule is O=C(O)CC1CCCN1C(=O)C1CCCN1C(=O)c1cc(Cl)cc(Cl)c1. The van der Waals surface area contributed by atoms with E-state index in [1.165, 1.54) is 0 Å². The van der Waals surface area contributed by atoms with E-state index in [0.29, 0.717) is 41.5 Å². The number of carboxylic acid groups (broad SMARTS) is 1. The zero-order chi connectivity index (χ0) is 18.8. The first kappa shape index (κ1) is 19.0. The van der Waals surface area contributed by atoms with Crippen LogP contribution in [0.2, 0.25) is 10.0 Å². The Balaban J connectivity index is 1.78. The maximum atomic E-state index is 13.0. The van der Waals surface area contributed by atoms with Gasteiger partial charge in [-0.15, -0.1) is 0 Å². The van der Waals surface area contributed by atoms with Crippen molar-refractivity contribution in [2.24, 2.45) is 0 Å². The number of carbonyl (C=O) groups is 3. The summed E-state index contributed by atoms with van der Waals surface area (Å²) in [6, 6.07) is 3.78. The number of amides is 2. The molecule has 0 bridgehead atoms. The molecule has 26 heavy (non-hydrogen) atoms. The molecule has 2 aliphatic rings. The van der Waals surface area contributed by atoms with Gasteiger partial charge in [0.25, 0.3) is 5.91 Å². The smallest absolute Gasteiger partial charge is 0.305 e. The summed E-state index contributed by atoms with van der Waals surface area (Å²) in [6.07, 6.45) is 2.72. The normalized spacial score (nSPS) is 22.7. The highest BCUT2D eigenvalue weighted by atomic mass is 35.5. The van der Waals surface area contributed by atoms with Gasteiger partial charge in [0, 0.05) is 34.7 Å². The first-order valence-corrected chi connectivity index (χ1v) is 9.41. The number of halogens is 2. The molecule has 6 nitrogen and oxygen atoms in total. The minimum Gasteiger partial charge on any atom is -0.481 e. The molecule has 2 saturated heterocycles. The molecule has 0 aromatic heterocycles. The van der Waals surface area contributed by atoms with Crippen molar-refractivity contribution in [2.75, 3.05) is 13.1 Å². The Bertz CT molecular complexity index is 720. The number of rotatable bonds is 4. The standard InChI is InChI=1S/C18H20Cl2N2O4/c19-12-7-11(8-13(20)9-12)17(25)22-6-2-4-15(22)18(26)21-5-1-3-14(21)10-16(23)24/h7-9,14-15H,1-6,10H2,(H,23,24). The molecular formula is C18H20Cl2N2O4. The number of carboxylic acids is 1. The summed E-state index contributed by atoms with van der Waals surface area (Å²) in [5.74, 6) is -1.35. The monoisotopic (exact) mass is 398 g/mol. The number of benzene rings is 1. The molecular weight excluding hydrogens is 379 g/mol. The van der Waals surface area contributed by atoms with Gasteiger partial charge in [0.15, 0.2) is 0 Å². The van der Waals surface area contributed by atoms with Crippen LogP contribution >= 0.6 is 23.2 Å². The quantitative estimate of drug-likeness (QED) is 0.844. The minimum atomic E-state index is -0.914. The number of hydrogen-bond donors (Lipinski definition) is 1. The molecule has 2 unspecified atom stereocenters. The lowest BCUT2D eigenvalue weighted by Crippen LogP contribution is -2.49. The lowest BCUT2D eigenvalue weighted by molar-refractivity contribution is -0.141. The Hall–Kier alpha value is -1.79. The first-order chi connectivity index (χ1) is 12.4. The van der Waals surface area contributed by atoms with Crippen LogP contribution in [-0.2, 0) is 9.59 Å². The highest BCUT2D eigenvalue weighted by molar-refractivity contribution is 6.35. The fourth-order valence-electron chi connectivity index (χ4n) is 3.84. The first-order valence-electron chi connectivity index (χ1n) is 8.66. The van der Waals surface area contributed by atoms with Crippen molar-refractivity contribution in [3.05, 3.63) is 33.8 Å². The molecule has 2 heterocycles. The second-order valence-electron chi connectivity index (χ2n) is 6.74. The maximum absolute atomic E-state index is 13.0. The second kappa shape index (κ2) is 7.84. The number of hydrogen-bond acceptors (Lipinski definition) is 3. The highest BCUT2D eigenvalue weighted by Gasteiger charge is 2.40. The molecule has 2 amide bonds. The molecule has 3 rings (SSSR count). The molecule has 0 spiro atoms. The molecule has 0 aliphatic carbocycles. The zero-order valence-electron chi connectivity index (χ0n) is 14.2. The van der Waals surface area contributed by atoms with Gasteiger partial charge in [0.2, 0.25) is 5.91 Å². The van der Waals surface area contributed by atoms with Crippen molar-refractivity contribution in [1.29, 1.82) is 0 Å². The highest BCUT2D eigenvalue weighted by Crippen LogP contribution is 2.28. The third-order valence-corrected chi connectivity index (χ3v) is 5.42. The van der Waals surface area contributed by atoms with E-state index in [2.05, 4.69) is 0 Å². The molecule has 1 aromatic carbocycles. The van der Waals surface area contributed by atoms with Gasteiger partial charge < -0.3 is 14.9 Å². The van der Waals surface area contributed by atoms with Gasteiger partial charge in [-0.2, -0.15) is 0 Å². The zero-order valence-corrected chi connectivity index (χ0v) is 15.7. The van der Waals surface area contributed by atoms with E-state index in [0.717, 1.165) is 12.8 Å². The molecule has 0 radical (unpaired) electrons. The van der Waals surface area contributed by atoms with Crippen LogP contribution in [0, 0.1) is 0 Å². The Labute approximate surface area is 161 Å². The maximum Gasteiger partial charge on any atom is 0.305 e. The predicted octanol–water partition coefficient (Wildman–Crippen LogP) is 3.06. The van der Waals surface area contributed by atoms with Gasteiger partial charge in [-0.3, -0.25) is 14.4 Å². The molecule has 2 fully saturated rings. The number of likely N-dealkylation sites (tertiary alicyclic amines) is 2. The van der Waals surface area contributed by atoms with E-state index in [1.807, 2.05) is 0 Å². The van der Waals surface area contributed by atoms with E-state index >= 15 is 0 Å². The number of nitrogens with zero attached hydrogens (tertiary/aromatic N) is 2. The van der Waals surface area contributed by atoms with E-state index in [4.69, 9.17) is 28.3 Å². The van der Waals surface area contributed by atoms with Gasteiger partial charge in [-0.05, 0) is 43.9 Å². The summed E-state index contributed by atoms with van der Waals surface area (Å²) in [5.41, 5.74) is 0.353. The third-order valence-electron chi connectivity index (χ3n) is 4.98. The minimum absolute atomic E-state index is 0.0592. The van der Waals surface area contributed by atoms with Gasteiger partial charge in [0.1, 0.15) is 6.04 Å². The lowest BCUT2D eigenvalue weighted by Gasteiger charge is -2.31. The van der Waals surface area contributed by atoms with E-state index < -0.39 is 12.0 Å². The molecule has 140 valence electrons.